The minimum atomic E-state index is 0.308. The number of rotatable bonds is 10. The molecule has 2 atom stereocenters. The van der Waals surface area contributed by atoms with E-state index < -0.39 is 0 Å². The molecule has 10 rings (SSSR count). The molecule has 312 valence electrons. The first-order valence-electron chi connectivity index (χ1n) is 21.2. The summed E-state index contributed by atoms with van der Waals surface area (Å²) in [6.07, 6.45) is 20.0. The average molecular weight is 823 g/mol. The number of imidazole rings is 2. The number of methoxy groups -OCH3 is 2. The van der Waals surface area contributed by atoms with E-state index in [1.165, 1.54) is 11.1 Å². The van der Waals surface area contributed by atoms with Gasteiger partial charge in [-0.25, -0.2) is 29.3 Å². The van der Waals surface area contributed by atoms with Crippen LogP contribution in [0, 0.1) is 13.8 Å². The van der Waals surface area contributed by atoms with E-state index in [1.807, 2.05) is 83.9 Å². The zero-order valence-electron chi connectivity index (χ0n) is 35.5. The molecule has 0 radical (unpaired) electrons. The maximum Gasteiger partial charge on any atom is 0.174 e. The zero-order valence-corrected chi connectivity index (χ0v) is 35.5. The van der Waals surface area contributed by atoms with Gasteiger partial charge in [0.15, 0.2) is 11.6 Å². The van der Waals surface area contributed by atoms with Crippen LogP contribution in [-0.2, 0) is 13.1 Å². The number of benzene rings is 4. The van der Waals surface area contributed by atoms with Crippen molar-refractivity contribution < 1.29 is 9.47 Å². The highest BCUT2D eigenvalue weighted by Gasteiger charge is 2.26. The number of hydrogen-bond acceptors (Lipinski definition) is 8. The Morgan fingerprint density at radius 3 is 1.37 bits per heavy atom. The summed E-state index contributed by atoms with van der Waals surface area (Å²) >= 11 is 0. The van der Waals surface area contributed by atoms with Gasteiger partial charge in [0.05, 0.1) is 49.6 Å². The van der Waals surface area contributed by atoms with Gasteiger partial charge in [0, 0.05) is 37.3 Å². The molecule has 4 aromatic carbocycles. The molecule has 62 heavy (non-hydrogen) atoms. The lowest BCUT2D eigenvalue weighted by molar-refractivity contribution is 0.412. The van der Waals surface area contributed by atoms with Crippen molar-refractivity contribution in [1.82, 2.24) is 48.6 Å². The monoisotopic (exact) mass is 822 g/mol. The molecule has 8 aromatic rings. The van der Waals surface area contributed by atoms with Crippen molar-refractivity contribution in [2.45, 2.75) is 64.5 Å². The predicted octanol–water partition coefficient (Wildman–Crippen LogP) is 9.75. The van der Waals surface area contributed by atoms with Crippen molar-refractivity contribution in [2.24, 2.45) is 0 Å². The standard InChI is InChI=1S/2C25H25N5O/c2*1-18-16-29(17-26-18)22-12-10-19(15-23(22)31-2)11-13-24-27-25-21(9-6-14-30(25)28-24)20-7-4-3-5-8-20/h2*3-5,7-8,10-13,15-17,21H,6,9,14H2,1-2H3/b2*13-11+/t2*21-/m10/s1. The van der Waals surface area contributed by atoms with Crippen LogP contribution in [-0.4, -0.2) is 62.9 Å². The Labute approximate surface area is 361 Å². The molecule has 4 aromatic heterocycles. The largest absolute Gasteiger partial charge is 0.495 e. The van der Waals surface area contributed by atoms with Crippen LogP contribution in [0.5, 0.6) is 11.5 Å². The second-order valence-electron chi connectivity index (χ2n) is 15.7. The van der Waals surface area contributed by atoms with E-state index in [-0.39, 0.29) is 0 Å². The topological polar surface area (TPSA) is 116 Å². The Hall–Kier alpha value is -7.34. The maximum atomic E-state index is 5.61. The van der Waals surface area contributed by atoms with Crippen LogP contribution < -0.4 is 9.47 Å². The third-order valence-corrected chi connectivity index (χ3v) is 11.4. The molecule has 2 aliphatic rings. The third kappa shape index (κ3) is 8.76. The van der Waals surface area contributed by atoms with Gasteiger partial charge in [-0.1, -0.05) is 84.9 Å². The van der Waals surface area contributed by atoms with Crippen molar-refractivity contribution >= 4 is 24.3 Å². The Kier molecular flexibility index (Phi) is 11.7. The highest BCUT2D eigenvalue weighted by Crippen LogP contribution is 2.34. The van der Waals surface area contributed by atoms with Gasteiger partial charge >= 0.3 is 0 Å². The van der Waals surface area contributed by atoms with E-state index in [1.54, 1.807) is 26.9 Å². The molecule has 0 aliphatic carbocycles. The lowest BCUT2D eigenvalue weighted by Gasteiger charge is -2.22. The summed E-state index contributed by atoms with van der Waals surface area (Å²) in [4.78, 5) is 18.3. The van der Waals surface area contributed by atoms with E-state index in [4.69, 9.17) is 29.6 Å². The predicted molar refractivity (Wildman–Crippen MR) is 243 cm³/mol. The summed E-state index contributed by atoms with van der Waals surface area (Å²) in [5.41, 5.74) is 8.53. The van der Waals surface area contributed by atoms with E-state index in [9.17, 15) is 0 Å². The number of fused-ring (bicyclic) bond motifs is 2. The van der Waals surface area contributed by atoms with Gasteiger partial charge in [-0.15, -0.1) is 0 Å². The van der Waals surface area contributed by atoms with Crippen molar-refractivity contribution in [3.63, 3.8) is 0 Å². The molecular formula is C50H50N10O2. The van der Waals surface area contributed by atoms with Crippen molar-refractivity contribution in [3.05, 3.63) is 179 Å². The third-order valence-electron chi connectivity index (χ3n) is 11.4. The highest BCUT2D eigenvalue weighted by atomic mass is 16.5. The molecule has 2 aliphatic heterocycles. The summed E-state index contributed by atoms with van der Waals surface area (Å²) in [7, 11) is 3.37. The maximum absolute atomic E-state index is 5.61. The second kappa shape index (κ2) is 18.1. The van der Waals surface area contributed by atoms with Gasteiger partial charge in [-0.2, -0.15) is 10.2 Å². The molecule has 0 fully saturated rings. The van der Waals surface area contributed by atoms with Crippen LogP contribution in [0.25, 0.3) is 35.7 Å². The van der Waals surface area contributed by atoms with Crippen molar-refractivity contribution in [1.29, 1.82) is 0 Å². The number of aryl methyl sites for hydroxylation is 4. The van der Waals surface area contributed by atoms with E-state index in [0.717, 1.165) is 107 Å². The SMILES string of the molecule is COc1cc(/C=C/c2nc3n(n2)CCC[C@@H]3c2ccccc2)ccc1-n1cnc(C)c1.COc1cc(/C=C/c2nc3n(n2)CCC[C@H]3c2ccccc2)ccc1-n1cnc(C)c1. The lowest BCUT2D eigenvalue weighted by atomic mass is 9.91. The molecule has 0 saturated carbocycles. The Morgan fingerprint density at radius 1 is 0.548 bits per heavy atom. The van der Waals surface area contributed by atoms with Crippen LogP contribution in [0.15, 0.2) is 122 Å². The average Bonchev–Trinajstić information content (AvgIpc) is 4.15. The van der Waals surface area contributed by atoms with Crippen LogP contribution in [0.1, 0.15) is 94.5 Å². The first kappa shape index (κ1) is 40.1. The number of nitrogens with zero attached hydrogens (tertiary/aromatic N) is 10. The molecule has 0 amide bonds. The Balaban J connectivity index is 0.000000158. The molecule has 0 unspecified atom stereocenters. The normalized spacial score (nSPS) is 15.9. The number of aromatic nitrogens is 10. The quantitative estimate of drug-likeness (QED) is 0.134. The molecule has 0 bridgehead atoms. The number of ether oxygens (including phenoxy) is 2. The zero-order chi connectivity index (χ0) is 42.4. The molecule has 0 N–H and O–H groups in total. The minimum absolute atomic E-state index is 0.308. The van der Waals surface area contributed by atoms with E-state index in [2.05, 4.69) is 92.1 Å². The van der Waals surface area contributed by atoms with Gasteiger partial charge in [-0.05, 0) is 98.2 Å². The van der Waals surface area contributed by atoms with E-state index in [0.29, 0.717) is 11.8 Å². The van der Waals surface area contributed by atoms with Crippen LogP contribution in [0.4, 0.5) is 0 Å². The summed E-state index contributed by atoms with van der Waals surface area (Å²) in [5, 5.41) is 9.45. The summed E-state index contributed by atoms with van der Waals surface area (Å²) in [6, 6.07) is 33.4. The van der Waals surface area contributed by atoms with Gasteiger partial charge < -0.3 is 18.6 Å². The Morgan fingerprint density at radius 2 is 0.984 bits per heavy atom. The fourth-order valence-corrected chi connectivity index (χ4v) is 8.35. The summed E-state index contributed by atoms with van der Waals surface area (Å²) < 4.78 is 19.3. The molecular weight excluding hydrogens is 773 g/mol. The summed E-state index contributed by atoms with van der Waals surface area (Å²) in [6.45, 7) is 5.79. The molecule has 0 saturated heterocycles. The first-order valence-corrected chi connectivity index (χ1v) is 21.2. The lowest BCUT2D eigenvalue weighted by Crippen LogP contribution is -2.17. The summed E-state index contributed by atoms with van der Waals surface area (Å²) in [5.74, 6) is 5.80. The molecule has 12 heteroatoms. The molecule has 12 nitrogen and oxygen atoms in total. The second-order valence-corrected chi connectivity index (χ2v) is 15.7. The fourth-order valence-electron chi connectivity index (χ4n) is 8.35. The van der Waals surface area contributed by atoms with Crippen LogP contribution in [0.2, 0.25) is 0 Å². The molecule has 6 heterocycles. The highest BCUT2D eigenvalue weighted by molar-refractivity contribution is 5.70. The van der Waals surface area contributed by atoms with Gasteiger partial charge in [0.1, 0.15) is 23.1 Å². The Bertz CT molecular complexity index is 2640. The first-order chi connectivity index (χ1) is 30.4. The molecule has 0 spiro atoms. The van der Waals surface area contributed by atoms with E-state index >= 15 is 0 Å². The van der Waals surface area contributed by atoms with Crippen molar-refractivity contribution in [2.75, 3.05) is 14.2 Å². The smallest absolute Gasteiger partial charge is 0.174 e. The fraction of sp³-hybridized carbons (Fsp3) is 0.240. The number of hydrogen-bond donors (Lipinski definition) is 0. The van der Waals surface area contributed by atoms with Crippen molar-refractivity contribution in [3.8, 4) is 22.9 Å². The van der Waals surface area contributed by atoms with Crippen LogP contribution >= 0.6 is 0 Å². The van der Waals surface area contributed by atoms with Gasteiger partial charge in [0.25, 0.3) is 0 Å². The van der Waals surface area contributed by atoms with Gasteiger partial charge in [0.2, 0.25) is 0 Å². The van der Waals surface area contributed by atoms with Gasteiger partial charge in [-0.3, -0.25) is 0 Å². The minimum Gasteiger partial charge on any atom is -0.495 e. The van der Waals surface area contributed by atoms with Crippen LogP contribution in [0.3, 0.4) is 0 Å².